The van der Waals surface area contributed by atoms with Crippen molar-refractivity contribution >= 4 is 17.6 Å². The molecule has 1 heterocycles. The Hall–Kier alpha value is 0.274. The number of rotatable bonds is 9. The van der Waals surface area contributed by atoms with E-state index in [0.29, 0.717) is 6.10 Å². The van der Waals surface area contributed by atoms with Crippen molar-refractivity contribution in [2.24, 2.45) is 0 Å². The second kappa shape index (κ2) is 6.88. The Bertz CT molecular complexity index is 199. The molecule has 2 atom stereocenters. The lowest BCUT2D eigenvalue weighted by Crippen LogP contribution is -2.41. The van der Waals surface area contributed by atoms with Crippen molar-refractivity contribution in [3.63, 3.8) is 0 Å². The predicted molar refractivity (Wildman–Crippen MR) is 68.6 cm³/mol. The standard InChI is InChI=1S/C10H24O4Si2/c1-11-16(4,14-15(2)3)7-5-6-12-8-10-9-13-10/h10,15H,5-9H2,1-4H3. The van der Waals surface area contributed by atoms with Crippen LogP contribution in [0.3, 0.4) is 0 Å². The Morgan fingerprint density at radius 2 is 2.12 bits per heavy atom. The first-order chi connectivity index (χ1) is 7.56. The molecule has 1 saturated heterocycles. The van der Waals surface area contributed by atoms with Crippen molar-refractivity contribution in [1.29, 1.82) is 0 Å². The van der Waals surface area contributed by atoms with Crippen LogP contribution in [-0.4, -0.2) is 50.6 Å². The summed E-state index contributed by atoms with van der Waals surface area (Å²) < 4.78 is 22.1. The molecule has 0 aliphatic carbocycles. The van der Waals surface area contributed by atoms with Crippen molar-refractivity contribution in [3.8, 4) is 0 Å². The van der Waals surface area contributed by atoms with Crippen LogP contribution in [0.2, 0.25) is 25.7 Å². The average Bonchev–Trinajstić information content (AvgIpc) is 3.00. The highest BCUT2D eigenvalue weighted by molar-refractivity contribution is 6.73. The first kappa shape index (κ1) is 14.3. The summed E-state index contributed by atoms with van der Waals surface area (Å²) in [5.41, 5.74) is 0. The zero-order valence-corrected chi connectivity index (χ0v) is 13.0. The van der Waals surface area contributed by atoms with Gasteiger partial charge in [-0.3, -0.25) is 0 Å². The lowest BCUT2D eigenvalue weighted by Gasteiger charge is -2.27. The minimum absolute atomic E-state index is 0.366. The van der Waals surface area contributed by atoms with Crippen molar-refractivity contribution in [2.75, 3.05) is 26.9 Å². The zero-order chi connectivity index (χ0) is 12.0. The summed E-state index contributed by atoms with van der Waals surface area (Å²) in [7, 11) is -1.13. The smallest absolute Gasteiger partial charge is 0.324 e. The fourth-order valence-electron chi connectivity index (χ4n) is 1.58. The van der Waals surface area contributed by atoms with E-state index in [4.69, 9.17) is 18.0 Å². The third-order valence-electron chi connectivity index (χ3n) is 2.54. The summed E-state index contributed by atoms with van der Waals surface area (Å²) in [5, 5.41) is 0. The van der Waals surface area contributed by atoms with Gasteiger partial charge in [0.2, 0.25) is 0 Å². The second-order valence-corrected chi connectivity index (χ2v) is 10.9. The van der Waals surface area contributed by atoms with Gasteiger partial charge in [0.15, 0.2) is 9.04 Å². The molecular weight excluding hydrogens is 240 g/mol. The SMILES string of the molecule is CO[Si](C)(CCCOCC1CO1)O[SiH](C)C. The van der Waals surface area contributed by atoms with Gasteiger partial charge in [-0.15, -0.1) is 0 Å². The van der Waals surface area contributed by atoms with E-state index in [1.165, 1.54) is 0 Å². The summed E-state index contributed by atoms with van der Waals surface area (Å²) in [4.78, 5) is 0. The van der Waals surface area contributed by atoms with Gasteiger partial charge in [-0.05, 0) is 32.1 Å². The average molecular weight is 264 g/mol. The van der Waals surface area contributed by atoms with E-state index in [2.05, 4.69) is 19.6 Å². The molecule has 1 aliphatic rings. The van der Waals surface area contributed by atoms with Crippen LogP contribution in [0.1, 0.15) is 6.42 Å². The number of hydrogen-bond acceptors (Lipinski definition) is 4. The third-order valence-corrected chi connectivity index (χ3v) is 8.55. The van der Waals surface area contributed by atoms with E-state index in [9.17, 15) is 0 Å². The molecule has 0 spiro atoms. The van der Waals surface area contributed by atoms with Crippen molar-refractivity contribution < 1.29 is 18.0 Å². The summed E-state index contributed by atoms with van der Waals surface area (Å²) in [6.07, 6.45) is 1.38. The van der Waals surface area contributed by atoms with Gasteiger partial charge in [0.25, 0.3) is 0 Å². The largest absolute Gasteiger partial charge is 0.439 e. The highest BCUT2D eigenvalue weighted by Gasteiger charge is 2.30. The van der Waals surface area contributed by atoms with Gasteiger partial charge in [-0.1, -0.05) is 0 Å². The topological polar surface area (TPSA) is 40.2 Å². The van der Waals surface area contributed by atoms with Crippen LogP contribution < -0.4 is 0 Å². The van der Waals surface area contributed by atoms with Crippen molar-refractivity contribution in [2.45, 2.75) is 38.2 Å². The van der Waals surface area contributed by atoms with Crippen LogP contribution in [0.25, 0.3) is 0 Å². The zero-order valence-electron chi connectivity index (χ0n) is 10.8. The molecule has 0 radical (unpaired) electrons. The van der Waals surface area contributed by atoms with E-state index in [-0.39, 0.29) is 0 Å². The molecule has 16 heavy (non-hydrogen) atoms. The van der Waals surface area contributed by atoms with Crippen molar-refractivity contribution in [3.05, 3.63) is 0 Å². The summed E-state index contributed by atoms with van der Waals surface area (Å²) >= 11 is 0. The number of ether oxygens (including phenoxy) is 2. The van der Waals surface area contributed by atoms with Gasteiger partial charge < -0.3 is 18.0 Å². The second-order valence-electron chi connectivity index (χ2n) is 4.64. The van der Waals surface area contributed by atoms with Crippen LogP contribution in [0, 0.1) is 0 Å². The maximum absolute atomic E-state index is 6.00. The number of epoxide rings is 1. The van der Waals surface area contributed by atoms with E-state index in [1.54, 1.807) is 7.11 Å². The van der Waals surface area contributed by atoms with E-state index in [1.807, 2.05) is 0 Å². The maximum atomic E-state index is 6.00. The van der Waals surface area contributed by atoms with E-state index < -0.39 is 17.6 Å². The quantitative estimate of drug-likeness (QED) is 0.359. The molecule has 1 rings (SSSR count). The van der Waals surface area contributed by atoms with Crippen LogP contribution in [0.15, 0.2) is 0 Å². The third kappa shape index (κ3) is 6.12. The molecule has 0 amide bonds. The van der Waals surface area contributed by atoms with Gasteiger partial charge in [-0.2, -0.15) is 0 Å². The lowest BCUT2D eigenvalue weighted by molar-refractivity contribution is 0.115. The molecule has 2 unspecified atom stereocenters. The molecule has 6 heteroatoms. The van der Waals surface area contributed by atoms with Crippen LogP contribution in [0.4, 0.5) is 0 Å². The highest BCUT2D eigenvalue weighted by Crippen LogP contribution is 2.16. The van der Waals surface area contributed by atoms with Gasteiger partial charge in [-0.25, -0.2) is 0 Å². The first-order valence-corrected chi connectivity index (χ1v) is 11.3. The molecule has 0 aromatic carbocycles. The van der Waals surface area contributed by atoms with Crippen molar-refractivity contribution in [1.82, 2.24) is 0 Å². The van der Waals surface area contributed by atoms with Gasteiger partial charge >= 0.3 is 8.56 Å². The normalized spacial score (nSPS) is 23.4. The molecule has 0 saturated carbocycles. The fourth-order valence-corrected chi connectivity index (χ4v) is 7.42. The van der Waals surface area contributed by atoms with Crippen LogP contribution in [-0.2, 0) is 18.0 Å². The summed E-state index contributed by atoms with van der Waals surface area (Å²) in [6, 6.07) is 1.01. The minimum atomic E-state index is -1.90. The minimum Gasteiger partial charge on any atom is -0.439 e. The lowest BCUT2D eigenvalue weighted by atomic mass is 10.5. The Morgan fingerprint density at radius 3 is 2.62 bits per heavy atom. The highest BCUT2D eigenvalue weighted by atomic mass is 28.4. The summed E-state index contributed by atoms with van der Waals surface area (Å²) in [5.74, 6) is 0. The van der Waals surface area contributed by atoms with E-state index >= 15 is 0 Å². The molecule has 1 aliphatic heterocycles. The fraction of sp³-hybridized carbons (Fsp3) is 1.00. The maximum Gasteiger partial charge on any atom is 0.324 e. The molecule has 0 N–H and O–H groups in total. The van der Waals surface area contributed by atoms with Gasteiger partial charge in [0.05, 0.1) is 13.2 Å². The Kier molecular flexibility index (Phi) is 6.16. The Balaban J connectivity index is 2.06. The first-order valence-electron chi connectivity index (χ1n) is 5.98. The summed E-state index contributed by atoms with van der Waals surface area (Å²) in [6.45, 7) is 8.91. The molecule has 4 nitrogen and oxygen atoms in total. The molecule has 0 bridgehead atoms. The van der Waals surface area contributed by atoms with E-state index in [0.717, 1.165) is 32.3 Å². The predicted octanol–water partition coefficient (Wildman–Crippen LogP) is 1.51. The molecule has 0 aromatic heterocycles. The van der Waals surface area contributed by atoms with Crippen LogP contribution in [0.5, 0.6) is 0 Å². The molecule has 96 valence electrons. The monoisotopic (exact) mass is 264 g/mol. The molecular formula is C10H24O4Si2. The molecule has 0 aromatic rings. The Labute approximate surface area is 101 Å². The molecule has 1 fully saturated rings. The van der Waals surface area contributed by atoms with Crippen LogP contribution >= 0.6 is 0 Å². The Morgan fingerprint density at radius 1 is 1.44 bits per heavy atom. The number of hydrogen-bond donors (Lipinski definition) is 0. The van der Waals surface area contributed by atoms with Gasteiger partial charge in [0, 0.05) is 13.7 Å². The van der Waals surface area contributed by atoms with Gasteiger partial charge in [0.1, 0.15) is 6.10 Å².